The third kappa shape index (κ3) is 2.46. The summed E-state index contributed by atoms with van der Waals surface area (Å²) in [5, 5.41) is 12.9. The zero-order chi connectivity index (χ0) is 14.9. The average molecular weight is 284 g/mol. The topological polar surface area (TPSA) is 79.3 Å². The highest BCUT2D eigenvalue weighted by atomic mass is 16.4. The number of pyridine rings is 1. The number of carbonyl (C=O) groups is 2. The molecule has 1 aromatic heterocycles. The Bertz CT molecular complexity index is 707. The molecule has 0 spiro atoms. The number of amides is 1. The van der Waals surface area contributed by atoms with Gasteiger partial charge in [-0.3, -0.25) is 14.6 Å². The fourth-order valence-electron chi connectivity index (χ4n) is 2.64. The van der Waals surface area contributed by atoms with Crippen LogP contribution in [0.4, 0.5) is 0 Å². The normalized spacial score (nSPS) is 16.2. The summed E-state index contributed by atoms with van der Waals surface area (Å²) < 4.78 is 0. The van der Waals surface area contributed by atoms with Crippen LogP contribution in [-0.4, -0.2) is 28.5 Å². The first kappa shape index (κ1) is 13.5. The summed E-state index contributed by atoms with van der Waals surface area (Å²) in [7, 11) is 0. The van der Waals surface area contributed by atoms with Gasteiger partial charge in [-0.2, -0.15) is 0 Å². The predicted octanol–water partition coefficient (Wildman–Crippen LogP) is 2.22. The van der Waals surface area contributed by atoms with Crippen molar-refractivity contribution in [1.82, 2.24) is 10.3 Å². The Hall–Kier alpha value is -2.43. The largest absolute Gasteiger partial charge is 0.481 e. The maximum Gasteiger partial charge on any atom is 0.311 e. The predicted molar refractivity (Wildman–Crippen MR) is 78.0 cm³/mol. The van der Waals surface area contributed by atoms with Crippen molar-refractivity contribution in [3.63, 3.8) is 0 Å². The highest BCUT2D eigenvalue weighted by Crippen LogP contribution is 2.40. The lowest BCUT2D eigenvalue weighted by Gasteiger charge is -2.37. The maximum absolute atomic E-state index is 12.2. The van der Waals surface area contributed by atoms with E-state index in [-0.39, 0.29) is 12.5 Å². The van der Waals surface area contributed by atoms with Gasteiger partial charge in [-0.25, -0.2) is 0 Å². The van der Waals surface area contributed by atoms with E-state index in [1.807, 2.05) is 12.1 Å². The van der Waals surface area contributed by atoms with E-state index in [4.69, 9.17) is 0 Å². The molecule has 1 aliphatic carbocycles. The van der Waals surface area contributed by atoms with Gasteiger partial charge < -0.3 is 10.4 Å². The molecule has 0 radical (unpaired) electrons. The van der Waals surface area contributed by atoms with Crippen LogP contribution >= 0.6 is 0 Å². The fourth-order valence-corrected chi connectivity index (χ4v) is 2.64. The number of nitrogens with one attached hydrogen (secondary N) is 1. The van der Waals surface area contributed by atoms with Crippen molar-refractivity contribution in [2.24, 2.45) is 5.41 Å². The Morgan fingerprint density at radius 1 is 1.29 bits per heavy atom. The van der Waals surface area contributed by atoms with Crippen molar-refractivity contribution < 1.29 is 14.7 Å². The molecule has 5 heteroatoms. The second-order valence-corrected chi connectivity index (χ2v) is 5.53. The molecule has 0 unspecified atom stereocenters. The zero-order valence-electron chi connectivity index (χ0n) is 11.5. The Kier molecular flexibility index (Phi) is 3.33. The van der Waals surface area contributed by atoms with Crippen LogP contribution in [0.25, 0.3) is 10.9 Å². The van der Waals surface area contributed by atoms with E-state index in [1.54, 1.807) is 24.4 Å². The molecule has 0 atom stereocenters. The van der Waals surface area contributed by atoms with E-state index in [9.17, 15) is 14.7 Å². The second-order valence-electron chi connectivity index (χ2n) is 5.53. The number of nitrogens with zero attached hydrogens (tertiary/aromatic N) is 1. The number of carboxylic acids is 1. The minimum absolute atomic E-state index is 0.187. The van der Waals surface area contributed by atoms with Gasteiger partial charge in [0.25, 0.3) is 5.91 Å². The van der Waals surface area contributed by atoms with Gasteiger partial charge in [0.05, 0.1) is 10.9 Å². The summed E-state index contributed by atoms with van der Waals surface area (Å²) in [4.78, 5) is 27.6. The molecular weight excluding hydrogens is 268 g/mol. The highest BCUT2D eigenvalue weighted by Gasteiger charge is 2.44. The van der Waals surface area contributed by atoms with Crippen LogP contribution in [0.15, 0.2) is 36.5 Å². The third-order valence-corrected chi connectivity index (χ3v) is 4.22. The van der Waals surface area contributed by atoms with E-state index in [0.29, 0.717) is 18.4 Å². The van der Waals surface area contributed by atoms with Gasteiger partial charge in [0.15, 0.2) is 0 Å². The number of aromatic nitrogens is 1. The van der Waals surface area contributed by atoms with Crippen molar-refractivity contribution >= 4 is 22.8 Å². The molecule has 1 aromatic carbocycles. The number of carbonyl (C=O) groups excluding carboxylic acids is 1. The SMILES string of the molecule is O=C(NCC1(C(=O)O)CCC1)c1ccc2ncccc2c1. The van der Waals surface area contributed by atoms with E-state index in [0.717, 1.165) is 17.3 Å². The first-order chi connectivity index (χ1) is 10.1. The molecule has 0 bridgehead atoms. The molecule has 2 aromatic rings. The number of rotatable bonds is 4. The third-order valence-electron chi connectivity index (χ3n) is 4.22. The Balaban J connectivity index is 1.73. The fraction of sp³-hybridized carbons (Fsp3) is 0.312. The van der Waals surface area contributed by atoms with Gasteiger partial charge >= 0.3 is 5.97 Å². The Morgan fingerprint density at radius 3 is 2.76 bits per heavy atom. The molecule has 1 heterocycles. The van der Waals surface area contributed by atoms with Crippen LogP contribution in [0.2, 0.25) is 0 Å². The molecule has 21 heavy (non-hydrogen) atoms. The van der Waals surface area contributed by atoms with Crippen molar-refractivity contribution in [3.05, 3.63) is 42.1 Å². The molecule has 1 amide bonds. The highest BCUT2D eigenvalue weighted by molar-refractivity contribution is 5.98. The molecule has 3 rings (SSSR count). The lowest BCUT2D eigenvalue weighted by atomic mass is 9.69. The minimum atomic E-state index is -0.822. The summed E-state index contributed by atoms with van der Waals surface area (Å²) in [6.07, 6.45) is 3.87. The van der Waals surface area contributed by atoms with Gasteiger partial charge in [-0.15, -0.1) is 0 Å². The number of hydrogen-bond acceptors (Lipinski definition) is 3. The molecule has 2 N–H and O–H groups in total. The lowest BCUT2D eigenvalue weighted by Crippen LogP contribution is -2.47. The molecule has 1 aliphatic rings. The number of carboxylic acid groups (broad SMARTS) is 1. The van der Waals surface area contributed by atoms with Gasteiger partial charge in [-0.05, 0) is 37.1 Å². The van der Waals surface area contributed by atoms with Crippen LogP contribution in [-0.2, 0) is 4.79 Å². The van der Waals surface area contributed by atoms with Crippen molar-refractivity contribution in [2.75, 3.05) is 6.54 Å². The van der Waals surface area contributed by atoms with E-state index in [1.165, 1.54) is 0 Å². The zero-order valence-corrected chi connectivity index (χ0v) is 11.5. The van der Waals surface area contributed by atoms with E-state index in [2.05, 4.69) is 10.3 Å². The number of fused-ring (bicyclic) bond motifs is 1. The van der Waals surface area contributed by atoms with E-state index < -0.39 is 11.4 Å². The van der Waals surface area contributed by atoms with Crippen LogP contribution in [0, 0.1) is 5.41 Å². The summed E-state index contributed by atoms with van der Waals surface area (Å²) in [5.41, 5.74) is 0.582. The number of benzene rings is 1. The summed E-state index contributed by atoms with van der Waals surface area (Å²) >= 11 is 0. The maximum atomic E-state index is 12.2. The number of hydrogen-bond donors (Lipinski definition) is 2. The Labute approximate surface area is 122 Å². The lowest BCUT2D eigenvalue weighted by molar-refractivity contribution is -0.153. The molecule has 0 aliphatic heterocycles. The smallest absolute Gasteiger partial charge is 0.311 e. The van der Waals surface area contributed by atoms with Gasteiger partial charge in [-0.1, -0.05) is 12.5 Å². The van der Waals surface area contributed by atoms with Gasteiger partial charge in [0.1, 0.15) is 0 Å². The number of aliphatic carboxylic acids is 1. The standard InChI is InChI=1S/C16H16N2O3/c19-14(18-10-16(15(20)21)6-2-7-16)12-4-5-13-11(9-12)3-1-8-17-13/h1,3-5,8-9H,2,6-7,10H2,(H,18,19)(H,20,21). The minimum Gasteiger partial charge on any atom is -0.481 e. The first-order valence-electron chi connectivity index (χ1n) is 6.97. The van der Waals surface area contributed by atoms with E-state index >= 15 is 0 Å². The molecule has 1 fully saturated rings. The van der Waals surface area contributed by atoms with Crippen molar-refractivity contribution in [1.29, 1.82) is 0 Å². The molecular formula is C16H16N2O3. The van der Waals surface area contributed by atoms with Gasteiger partial charge in [0, 0.05) is 23.7 Å². The van der Waals surface area contributed by atoms with Crippen LogP contribution in [0.1, 0.15) is 29.6 Å². The second kappa shape index (κ2) is 5.16. The summed E-state index contributed by atoms with van der Waals surface area (Å²) in [5.74, 6) is -1.06. The molecule has 1 saturated carbocycles. The van der Waals surface area contributed by atoms with Crippen LogP contribution in [0.3, 0.4) is 0 Å². The molecule has 5 nitrogen and oxygen atoms in total. The first-order valence-corrected chi connectivity index (χ1v) is 6.97. The average Bonchev–Trinajstić information content (AvgIpc) is 2.45. The molecule has 0 saturated heterocycles. The van der Waals surface area contributed by atoms with Crippen molar-refractivity contribution in [2.45, 2.75) is 19.3 Å². The van der Waals surface area contributed by atoms with Crippen molar-refractivity contribution in [3.8, 4) is 0 Å². The van der Waals surface area contributed by atoms with Gasteiger partial charge in [0.2, 0.25) is 0 Å². The van der Waals surface area contributed by atoms with Crippen LogP contribution < -0.4 is 5.32 Å². The Morgan fingerprint density at radius 2 is 2.10 bits per heavy atom. The monoisotopic (exact) mass is 284 g/mol. The van der Waals surface area contributed by atoms with Crippen LogP contribution in [0.5, 0.6) is 0 Å². The summed E-state index contributed by atoms with van der Waals surface area (Å²) in [6.45, 7) is 0.187. The molecule has 108 valence electrons. The summed E-state index contributed by atoms with van der Waals surface area (Å²) in [6, 6.07) is 8.98. The quantitative estimate of drug-likeness (QED) is 0.902.